The van der Waals surface area contributed by atoms with Gasteiger partial charge in [-0.15, -0.1) is 0 Å². The van der Waals surface area contributed by atoms with Crippen molar-refractivity contribution in [1.29, 1.82) is 0 Å². The number of benzene rings is 1. The zero-order valence-corrected chi connectivity index (χ0v) is 11.5. The monoisotopic (exact) mass is 366 g/mol. The molecule has 0 radical (unpaired) electrons. The van der Waals surface area contributed by atoms with Crippen molar-refractivity contribution in [2.75, 3.05) is 6.54 Å². The van der Waals surface area contributed by atoms with Crippen molar-refractivity contribution in [1.82, 2.24) is 5.32 Å². The van der Waals surface area contributed by atoms with E-state index in [1.165, 1.54) is 12.1 Å². The number of hydrogen-bond acceptors (Lipinski definition) is 3. The topological polar surface area (TPSA) is 72.2 Å². The van der Waals surface area contributed by atoms with Crippen LogP contribution in [0.5, 0.6) is 0 Å². The highest BCUT2D eigenvalue weighted by atomic mass is 127. The van der Waals surface area contributed by atoms with Crippen LogP contribution in [0.25, 0.3) is 0 Å². The summed E-state index contributed by atoms with van der Waals surface area (Å²) in [7, 11) is 0. The molecule has 17 heavy (non-hydrogen) atoms. The third-order valence-electron chi connectivity index (χ3n) is 1.84. The normalized spacial score (nSPS) is 9.76. The van der Waals surface area contributed by atoms with Gasteiger partial charge in [0.15, 0.2) is 0 Å². The number of nitrogens with zero attached hydrogens (tertiary/aromatic N) is 1. The van der Waals surface area contributed by atoms with Crippen LogP contribution in [0.2, 0.25) is 0 Å². The van der Waals surface area contributed by atoms with Gasteiger partial charge in [0, 0.05) is 14.7 Å². The minimum atomic E-state index is -0.591. The summed E-state index contributed by atoms with van der Waals surface area (Å²) in [5, 5.41) is 13.5. The largest absolute Gasteiger partial charge is 0.347 e. The van der Waals surface area contributed by atoms with E-state index in [-0.39, 0.29) is 22.8 Å². The Kier molecular flexibility index (Phi) is 4.88. The van der Waals surface area contributed by atoms with Gasteiger partial charge < -0.3 is 5.32 Å². The molecule has 1 amide bonds. The first-order valence-electron chi connectivity index (χ1n) is 4.47. The second kappa shape index (κ2) is 5.97. The van der Waals surface area contributed by atoms with Gasteiger partial charge in [-0.3, -0.25) is 14.9 Å². The SMILES string of the molecule is C=C(Cl)CNC(=O)c1ccc(I)cc1[N+](=O)[O-]. The van der Waals surface area contributed by atoms with Crippen LogP contribution in [0.3, 0.4) is 0 Å². The molecule has 0 fully saturated rings. The number of carbonyl (C=O) groups is 1. The molecule has 0 atom stereocenters. The molecule has 0 aliphatic rings. The van der Waals surface area contributed by atoms with E-state index in [2.05, 4.69) is 11.9 Å². The number of halogens is 2. The van der Waals surface area contributed by atoms with Gasteiger partial charge in [-0.2, -0.15) is 0 Å². The second-order valence-electron chi connectivity index (χ2n) is 3.12. The van der Waals surface area contributed by atoms with E-state index in [0.717, 1.165) is 0 Å². The van der Waals surface area contributed by atoms with Crippen molar-refractivity contribution >= 4 is 45.8 Å². The maximum atomic E-state index is 11.7. The fourth-order valence-corrected chi connectivity index (χ4v) is 1.66. The van der Waals surface area contributed by atoms with Crippen LogP contribution in [0.1, 0.15) is 10.4 Å². The number of hydrogen-bond donors (Lipinski definition) is 1. The van der Waals surface area contributed by atoms with Crippen LogP contribution in [0, 0.1) is 13.7 Å². The predicted molar refractivity (Wildman–Crippen MR) is 73.1 cm³/mol. The maximum absolute atomic E-state index is 11.7. The predicted octanol–water partition coefficient (Wildman–Crippen LogP) is 2.68. The van der Waals surface area contributed by atoms with Crippen LogP contribution in [0.15, 0.2) is 29.8 Å². The van der Waals surface area contributed by atoms with E-state index in [9.17, 15) is 14.9 Å². The number of rotatable bonds is 4. The minimum absolute atomic E-state index is 0.00772. The summed E-state index contributed by atoms with van der Waals surface area (Å²) in [6.45, 7) is 3.48. The molecule has 5 nitrogen and oxygen atoms in total. The molecule has 0 saturated heterocycles. The first-order valence-corrected chi connectivity index (χ1v) is 5.93. The third kappa shape index (κ3) is 3.97. The molecule has 0 bridgehead atoms. The van der Waals surface area contributed by atoms with Crippen molar-refractivity contribution in [2.24, 2.45) is 0 Å². The second-order valence-corrected chi connectivity index (χ2v) is 4.90. The smallest absolute Gasteiger partial charge is 0.283 e. The average molecular weight is 367 g/mol. The Morgan fingerprint density at radius 2 is 2.24 bits per heavy atom. The van der Waals surface area contributed by atoms with Crippen molar-refractivity contribution in [2.45, 2.75) is 0 Å². The Balaban J connectivity index is 3.00. The standard InChI is InChI=1S/C10H8ClIN2O3/c1-6(11)5-13-10(15)8-3-2-7(12)4-9(8)14(16)17/h2-4H,1,5H2,(H,13,15). The van der Waals surface area contributed by atoms with Crippen LogP contribution in [-0.2, 0) is 0 Å². The van der Waals surface area contributed by atoms with E-state index >= 15 is 0 Å². The molecule has 0 aromatic heterocycles. The molecule has 0 aliphatic carbocycles. The fourth-order valence-electron chi connectivity index (χ4n) is 1.12. The Hall–Kier alpha value is -1.15. The molecule has 0 spiro atoms. The van der Waals surface area contributed by atoms with Crippen molar-refractivity contribution in [3.05, 3.63) is 49.1 Å². The first kappa shape index (κ1) is 13.9. The lowest BCUT2D eigenvalue weighted by Gasteiger charge is -2.04. The zero-order valence-electron chi connectivity index (χ0n) is 8.57. The third-order valence-corrected chi connectivity index (χ3v) is 2.65. The molecular formula is C10H8ClIN2O3. The van der Waals surface area contributed by atoms with Gasteiger partial charge in [0.2, 0.25) is 0 Å². The minimum Gasteiger partial charge on any atom is -0.347 e. The highest BCUT2D eigenvalue weighted by Crippen LogP contribution is 2.21. The molecule has 0 heterocycles. The summed E-state index contributed by atoms with van der Waals surface area (Å²) in [5.41, 5.74) is -0.220. The van der Waals surface area contributed by atoms with Crippen molar-refractivity contribution < 1.29 is 9.72 Å². The van der Waals surface area contributed by atoms with Crippen LogP contribution >= 0.6 is 34.2 Å². The molecule has 1 aromatic carbocycles. The van der Waals surface area contributed by atoms with E-state index in [4.69, 9.17) is 11.6 Å². The number of nitro groups is 1. The molecular weight excluding hydrogens is 358 g/mol. The van der Waals surface area contributed by atoms with Gasteiger partial charge in [-0.1, -0.05) is 18.2 Å². The maximum Gasteiger partial charge on any atom is 0.283 e. The summed E-state index contributed by atoms with van der Waals surface area (Å²) in [5.74, 6) is -0.546. The molecule has 1 rings (SSSR count). The van der Waals surface area contributed by atoms with Crippen LogP contribution in [-0.4, -0.2) is 17.4 Å². The van der Waals surface area contributed by atoms with E-state index in [1.807, 2.05) is 22.6 Å². The Morgan fingerprint density at radius 3 is 2.76 bits per heavy atom. The summed E-state index contributed by atoms with van der Waals surface area (Å²) < 4.78 is 0.688. The van der Waals surface area contributed by atoms with E-state index < -0.39 is 10.8 Å². The lowest BCUT2D eigenvalue weighted by Crippen LogP contribution is -2.25. The highest BCUT2D eigenvalue weighted by Gasteiger charge is 2.19. The highest BCUT2D eigenvalue weighted by molar-refractivity contribution is 14.1. The van der Waals surface area contributed by atoms with Gasteiger partial charge in [0.05, 0.1) is 11.5 Å². The van der Waals surface area contributed by atoms with Gasteiger partial charge in [0.25, 0.3) is 11.6 Å². The fraction of sp³-hybridized carbons (Fsp3) is 0.100. The van der Waals surface area contributed by atoms with Gasteiger partial charge in [0.1, 0.15) is 5.56 Å². The first-order chi connectivity index (χ1) is 7.91. The lowest BCUT2D eigenvalue weighted by atomic mass is 10.1. The number of nitro benzene ring substituents is 1. The summed E-state index contributed by atoms with van der Waals surface area (Å²) >= 11 is 7.43. The molecule has 7 heteroatoms. The summed E-state index contributed by atoms with van der Waals surface area (Å²) in [4.78, 5) is 21.9. The number of nitrogens with one attached hydrogen (secondary N) is 1. The summed E-state index contributed by atoms with van der Waals surface area (Å²) in [6.07, 6.45) is 0. The molecule has 0 aliphatic heterocycles. The molecule has 1 N–H and O–H groups in total. The van der Waals surface area contributed by atoms with Crippen LogP contribution in [0.4, 0.5) is 5.69 Å². The van der Waals surface area contributed by atoms with Crippen molar-refractivity contribution in [3.63, 3.8) is 0 Å². The Morgan fingerprint density at radius 1 is 1.59 bits per heavy atom. The van der Waals surface area contributed by atoms with Gasteiger partial charge in [-0.25, -0.2) is 0 Å². The Bertz CT molecular complexity index is 490. The molecule has 1 aromatic rings. The van der Waals surface area contributed by atoms with Gasteiger partial charge in [-0.05, 0) is 34.7 Å². The van der Waals surface area contributed by atoms with Gasteiger partial charge >= 0.3 is 0 Å². The van der Waals surface area contributed by atoms with E-state index in [1.54, 1.807) is 6.07 Å². The molecule has 90 valence electrons. The number of carbonyl (C=O) groups excluding carboxylic acids is 1. The quantitative estimate of drug-likeness (QED) is 0.506. The number of amides is 1. The van der Waals surface area contributed by atoms with E-state index in [0.29, 0.717) is 3.57 Å². The molecule has 0 saturated carbocycles. The zero-order chi connectivity index (χ0) is 13.0. The lowest BCUT2D eigenvalue weighted by molar-refractivity contribution is -0.385. The molecule has 0 unspecified atom stereocenters. The van der Waals surface area contributed by atoms with Crippen molar-refractivity contribution in [3.8, 4) is 0 Å². The average Bonchev–Trinajstić information content (AvgIpc) is 2.25. The summed E-state index contributed by atoms with van der Waals surface area (Å²) in [6, 6.07) is 4.37. The van der Waals surface area contributed by atoms with Crippen LogP contribution < -0.4 is 5.32 Å². The Labute approximate surface area is 116 Å².